The fraction of sp³-hybridized carbons (Fsp3) is 0.538. The average Bonchev–Trinajstić information content (AvgIpc) is 2.31. The zero-order valence-electron chi connectivity index (χ0n) is 9.29. The van der Waals surface area contributed by atoms with Crippen molar-refractivity contribution in [3.8, 4) is 5.75 Å². The molecule has 1 heterocycles. The molecule has 0 aliphatic carbocycles. The smallest absolute Gasteiger partial charge is 0.115 e. The van der Waals surface area contributed by atoms with Gasteiger partial charge in [-0.25, -0.2) is 0 Å². The molecule has 1 aromatic carbocycles. The highest BCUT2D eigenvalue weighted by atomic mass is 16.3. The van der Waals surface area contributed by atoms with E-state index in [2.05, 4.69) is 12.2 Å². The van der Waals surface area contributed by atoms with Gasteiger partial charge in [-0.05, 0) is 43.5 Å². The minimum Gasteiger partial charge on any atom is -0.508 e. The Morgan fingerprint density at radius 1 is 1.27 bits per heavy atom. The van der Waals surface area contributed by atoms with E-state index in [4.69, 9.17) is 0 Å². The first-order valence-corrected chi connectivity index (χ1v) is 5.81. The van der Waals surface area contributed by atoms with E-state index in [0.29, 0.717) is 5.75 Å². The van der Waals surface area contributed by atoms with Gasteiger partial charge in [0.1, 0.15) is 5.75 Å². The van der Waals surface area contributed by atoms with Crippen LogP contribution in [0.15, 0.2) is 24.3 Å². The van der Waals surface area contributed by atoms with Crippen LogP contribution in [0.3, 0.4) is 0 Å². The summed E-state index contributed by atoms with van der Waals surface area (Å²) in [6.07, 6.45) is 4.88. The summed E-state index contributed by atoms with van der Waals surface area (Å²) in [6.45, 7) is 3.33. The Kier molecular flexibility index (Phi) is 2.96. The van der Waals surface area contributed by atoms with E-state index in [1.54, 1.807) is 12.1 Å². The highest BCUT2D eigenvalue weighted by Gasteiger charge is 2.31. The molecule has 1 aliphatic rings. The fourth-order valence-electron chi connectivity index (χ4n) is 2.50. The molecule has 0 aromatic heterocycles. The Labute approximate surface area is 91.3 Å². The molecule has 0 saturated carbocycles. The summed E-state index contributed by atoms with van der Waals surface area (Å²) in [6, 6.07) is 7.64. The van der Waals surface area contributed by atoms with Crippen molar-refractivity contribution in [3.05, 3.63) is 29.8 Å². The standard InChI is InChI=1S/C13H19NO/c1-2-13(9-3-4-10-14-13)11-5-7-12(15)8-6-11/h5-8,14-15H,2-4,9-10H2,1H3. The first-order valence-electron chi connectivity index (χ1n) is 5.81. The van der Waals surface area contributed by atoms with Gasteiger partial charge < -0.3 is 10.4 Å². The van der Waals surface area contributed by atoms with Gasteiger partial charge in [-0.2, -0.15) is 0 Å². The third kappa shape index (κ3) is 2.00. The second kappa shape index (κ2) is 4.23. The first kappa shape index (κ1) is 10.5. The molecule has 1 aromatic rings. The predicted molar refractivity (Wildman–Crippen MR) is 61.9 cm³/mol. The number of benzene rings is 1. The topological polar surface area (TPSA) is 32.3 Å². The van der Waals surface area contributed by atoms with E-state index in [1.165, 1.54) is 24.8 Å². The van der Waals surface area contributed by atoms with Gasteiger partial charge in [-0.15, -0.1) is 0 Å². The monoisotopic (exact) mass is 205 g/mol. The van der Waals surface area contributed by atoms with Crippen molar-refractivity contribution in [2.75, 3.05) is 6.54 Å². The molecule has 2 heteroatoms. The lowest BCUT2D eigenvalue weighted by atomic mass is 9.80. The Morgan fingerprint density at radius 2 is 2.00 bits per heavy atom. The van der Waals surface area contributed by atoms with Crippen LogP contribution in [0.1, 0.15) is 38.2 Å². The quantitative estimate of drug-likeness (QED) is 0.778. The number of phenolic OH excluding ortho intramolecular Hbond substituents is 1. The van der Waals surface area contributed by atoms with Crippen LogP contribution in [0.25, 0.3) is 0 Å². The van der Waals surface area contributed by atoms with Gasteiger partial charge in [0.15, 0.2) is 0 Å². The van der Waals surface area contributed by atoms with E-state index in [-0.39, 0.29) is 5.54 Å². The predicted octanol–water partition coefficient (Wildman–Crippen LogP) is 2.77. The molecule has 1 aliphatic heterocycles. The lowest BCUT2D eigenvalue weighted by Crippen LogP contribution is -2.45. The highest BCUT2D eigenvalue weighted by Crippen LogP contribution is 2.33. The summed E-state index contributed by atoms with van der Waals surface area (Å²) in [5.41, 5.74) is 1.45. The number of hydrogen-bond donors (Lipinski definition) is 2. The number of phenols is 1. The van der Waals surface area contributed by atoms with E-state index in [1.807, 2.05) is 12.1 Å². The van der Waals surface area contributed by atoms with Crippen molar-refractivity contribution in [1.29, 1.82) is 0 Å². The molecule has 1 atom stereocenters. The fourth-order valence-corrected chi connectivity index (χ4v) is 2.50. The largest absolute Gasteiger partial charge is 0.508 e. The molecule has 0 spiro atoms. The second-order valence-electron chi connectivity index (χ2n) is 4.37. The van der Waals surface area contributed by atoms with Gasteiger partial charge in [-0.1, -0.05) is 25.5 Å². The van der Waals surface area contributed by atoms with E-state index < -0.39 is 0 Å². The van der Waals surface area contributed by atoms with Gasteiger partial charge >= 0.3 is 0 Å². The van der Waals surface area contributed by atoms with Gasteiger partial charge in [0.05, 0.1) is 0 Å². The van der Waals surface area contributed by atoms with Crippen molar-refractivity contribution in [2.24, 2.45) is 0 Å². The molecule has 15 heavy (non-hydrogen) atoms. The maximum atomic E-state index is 9.29. The van der Waals surface area contributed by atoms with Crippen molar-refractivity contribution in [1.82, 2.24) is 5.32 Å². The molecular weight excluding hydrogens is 186 g/mol. The van der Waals surface area contributed by atoms with Crippen LogP contribution in [0.2, 0.25) is 0 Å². The summed E-state index contributed by atoms with van der Waals surface area (Å²) in [4.78, 5) is 0. The highest BCUT2D eigenvalue weighted by molar-refractivity contribution is 5.31. The second-order valence-corrected chi connectivity index (χ2v) is 4.37. The Hall–Kier alpha value is -1.02. The third-order valence-electron chi connectivity index (χ3n) is 3.52. The van der Waals surface area contributed by atoms with E-state index >= 15 is 0 Å². The summed E-state index contributed by atoms with van der Waals surface area (Å²) in [5.74, 6) is 0.348. The lowest BCUT2D eigenvalue weighted by molar-refractivity contribution is 0.248. The van der Waals surface area contributed by atoms with E-state index in [9.17, 15) is 5.11 Å². The van der Waals surface area contributed by atoms with Crippen molar-refractivity contribution in [3.63, 3.8) is 0 Å². The molecule has 2 nitrogen and oxygen atoms in total. The van der Waals surface area contributed by atoms with Gasteiger partial charge in [0.2, 0.25) is 0 Å². The van der Waals surface area contributed by atoms with Crippen molar-refractivity contribution < 1.29 is 5.11 Å². The molecule has 82 valence electrons. The maximum Gasteiger partial charge on any atom is 0.115 e. The van der Waals surface area contributed by atoms with Crippen molar-refractivity contribution >= 4 is 0 Å². The average molecular weight is 205 g/mol. The van der Waals surface area contributed by atoms with Crippen LogP contribution in [0.5, 0.6) is 5.75 Å². The molecule has 0 bridgehead atoms. The van der Waals surface area contributed by atoms with Crippen LogP contribution in [-0.2, 0) is 5.54 Å². The summed E-state index contributed by atoms with van der Waals surface area (Å²) < 4.78 is 0. The van der Waals surface area contributed by atoms with Crippen LogP contribution in [0.4, 0.5) is 0 Å². The third-order valence-corrected chi connectivity index (χ3v) is 3.52. The molecule has 1 fully saturated rings. The maximum absolute atomic E-state index is 9.29. The van der Waals surface area contributed by atoms with Gasteiger partial charge in [0, 0.05) is 5.54 Å². The van der Waals surface area contributed by atoms with Crippen LogP contribution in [0, 0.1) is 0 Å². The van der Waals surface area contributed by atoms with Crippen LogP contribution >= 0.6 is 0 Å². The van der Waals surface area contributed by atoms with Crippen LogP contribution in [-0.4, -0.2) is 11.7 Å². The minimum absolute atomic E-state index is 0.145. The number of nitrogens with one attached hydrogen (secondary N) is 1. The minimum atomic E-state index is 0.145. The summed E-state index contributed by atoms with van der Waals surface area (Å²) in [7, 11) is 0. The zero-order chi connectivity index (χ0) is 10.7. The van der Waals surface area contributed by atoms with Crippen molar-refractivity contribution in [2.45, 2.75) is 38.1 Å². The molecule has 1 unspecified atom stereocenters. The lowest BCUT2D eigenvalue weighted by Gasteiger charge is -2.38. The SMILES string of the molecule is CCC1(c2ccc(O)cc2)CCCCN1. The number of aromatic hydroxyl groups is 1. The Bertz CT molecular complexity index is 312. The summed E-state index contributed by atoms with van der Waals surface area (Å²) in [5, 5.41) is 12.9. The molecule has 2 N–H and O–H groups in total. The van der Waals surface area contributed by atoms with E-state index in [0.717, 1.165) is 13.0 Å². The first-order chi connectivity index (χ1) is 7.27. The molecule has 0 radical (unpaired) electrons. The summed E-state index contributed by atoms with van der Waals surface area (Å²) >= 11 is 0. The Balaban J connectivity index is 2.28. The number of hydrogen-bond acceptors (Lipinski definition) is 2. The molecule has 2 rings (SSSR count). The van der Waals surface area contributed by atoms with Gasteiger partial charge in [-0.3, -0.25) is 0 Å². The number of piperidine rings is 1. The Morgan fingerprint density at radius 3 is 2.53 bits per heavy atom. The number of rotatable bonds is 2. The molecular formula is C13H19NO. The van der Waals surface area contributed by atoms with Crippen LogP contribution < -0.4 is 5.32 Å². The molecule has 1 saturated heterocycles. The zero-order valence-corrected chi connectivity index (χ0v) is 9.29. The normalized spacial score (nSPS) is 26.5. The van der Waals surface area contributed by atoms with Gasteiger partial charge in [0.25, 0.3) is 0 Å². The molecule has 0 amide bonds.